The summed E-state index contributed by atoms with van der Waals surface area (Å²) >= 11 is 0. The van der Waals surface area contributed by atoms with E-state index >= 15 is 0 Å². The largest absolute Gasteiger partial charge is 0.361 e. The number of piperidine rings is 1. The lowest BCUT2D eigenvalue weighted by molar-refractivity contribution is 0.287. The van der Waals surface area contributed by atoms with Crippen LogP contribution in [0.2, 0.25) is 0 Å². The van der Waals surface area contributed by atoms with Gasteiger partial charge in [0.2, 0.25) is 10.0 Å². The molecular formula is C14H25N3O3S. The minimum Gasteiger partial charge on any atom is -0.361 e. The number of nitrogens with one attached hydrogen (secondary N) is 1. The molecule has 1 aromatic rings. The zero-order valence-electron chi connectivity index (χ0n) is 12.8. The normalized spacial score (nSPS) is 17.5. The van der Waals surface area contributed by atoms with Crippen LogP contribution in [0.1, 0.15) is 37.6 Å². The van der Waals surface area contributed by atoms with Gasteiger partial charge in [-0.05, 0) is 45.2 Å². The molecule has 0 amide bonds. The predicted molar refractivity (Wildman–Crippen MR) is 81.3 cm³/mol. The molecule has 7 heteroatoms. The number of hydrogen-bond donors (Lipinski definition) is 1. The number of aryl methyl sites for hydroxylation is 1. The van der Waals surface area contributed by atoms with Crippen LogP contribution in [0.5, 0.6) is 0 Å². The van der Waals surface area contributed by atoms with Crippen molar-refractivity contribution in [2.75, 3.05) is 26.2 Å². The molecule has 120 valence electrons. The van der Waals surface area contributed by atoms with E-state index in [-0.39, 0.29) is 5.75 Å². The van der Waals surface area contributed by atoms with Gasteiger partial charge in [-0.1, -0.05) is 12.1 Å². The Morgan fingerprint density at radius 2 is 2.14 bits per heavy atom. The summed E-state index contributed by atoms with van der Waals surface area (Å²) in [5.74, 6) is 1.02. The second-order valence-corrected chi connectivity index (χ2v) is 7.71. The molecule has 0 spiro atoms. The van der Waals surface area contributed by atoms with Gasteiger partial charge in [-0.15, -0.1) is 0 Å². The van der Waals surface area contributed by atoms with Gasteiger partial charge in [0.15, 0.2) is 0 Å². The maximum Gasteiger partial charge on any atom is 0.219 e. The van der Waals surface area contributed by atoms with Gasteiger partial charge >= 0.3 is 0 Å². The van der Waals surface area contributed by atoms with Crippen molar-refractivity contribution < 1.29 is 12.9 Å². The molecule has 1 aromatic heterocycles. The zero-order chi connectivity index (χ0) is 15.3. The highest BCUT2D eigenvalue weighted by Crippen LogP contribution is 2.18. The predicted octanol–water partition coefficient (Wildman–Crippen LogP) is 1.52. The zero-order valence-corrected chi connectivity index (χ0v) is 13.7. The molecule has 1 aliphatic heterocycles. The Morgan fingerprint density at radius 3 is 2.71 bits per heavy atom. The Bertz CT molecular complexity index is 535. The summed E-state index contributed by atoms with van der Waals surface area (Å²) in [6, 6.07) is 1.69. The van der Waals surface area contributed by atoms with Gasteiger partial charge in [0.25, 0.3) is 0 Å². The first kappa shape index (κ1) is 16.5. The van der Waals surface area contributed by atoms with E-state index in [2.05, 4.69) is 10.5 Å². The molecule has 21 heavy (non-hydrogen) atoms. The molecular weight excluding hydrogens is 290 g/mol. The van der Waals surface area contributed by atoms with E-state index in [9.17, 15) is 8.42 Å². The van der Waals surface area contributed by atoms with Crippen LogP contribution in [0.4, 0.5) is 0 Å². The van der Waals surface area contributed by atoms with Gasteiger partial charge < -0.3 is 9.84 Å². The molecule has 0 saturated carbocycles. The molecule has 2 heterocycles. The summed E-state index contributed by atoms with van der Waals surface area (Å²) in [6.45, 7) is 6.92. The molecule has 0 unspecified atom stereocenters. The first-order chi connectivity index (χ1) is 10.0. The number of sulfonamides is 1. The van der Waals surface area contributed by atoms with E-state index in [1.807, 2.05) is 6.92 Å². The highest BCUT2D eigenvalue weighted by Gasteiger charge is 2.26. The van der Waals surface area contributed by atoms with Crippen LogP contribution < -0.4 is 5.32 Å². The van der Waals surface area contributed by atoms with E-state index in [1.54, 1.807) is 17.3 Å². The number of rotatable bonds is 7. The minimum absolute atomic E-state index is 0.0741. The van der Waals surface area contributed by atoms with E-state index in [0.717, 1.165) is 32.4 Å². The van der Waals surface area contributed by atoms with Gasteiger partial charge in [0.05, 0.1) is 0 Å². The molecule has 6 nitrogen and oxygen atoms in total. The molecule has 1 saturated heterocycles. The van der Waals surface area contributed by atoms with E-state index < -0.39 is 10.0 Å². The van der Waals surface area contributed by atoms with Gasteiger partial charge in [0.1, 0.15) is 17.2 Å². The van der Waals surface area contributed by atoms with Gasteiger partial charge in [-0.2, -0.15) is 0 Å². The first-order valence-corrected chi connectivity index (χ1v) is 9.23. The van der Waals surface area contributed by atoms with Crippen LogP contribution in [0.3, 0.4) is 0 Å². The second kappa shape index (κ2) is 7.38. The quantitative estimate of drug-likeness (QED) is 0.826. The van der Waals surface area contributed by atoms with Crippen molar-refractivity contribution in [1.29, 1.82) is 0 Å². The molecule has 0 atom stereocenters. The van der Waals surface area contributed by atoms with Crippen LogP contribution >= 0.6 is 0 Å². The van der Waals surface area contributed by atoms with Gasteiger partial charge in [0, 0.05) is 19.2 Å². The van der Waals surface area contributed by atoms with Crippen molar-refractivity contribution in [1.82, 2.24) is 14.8 Å². The average Bonchev–Trinajstić information content (AvgIpc) is 2.84. The fraction of sp³-hybridized carbons (Fsp3) is 0.786. The van der Waals surface area contributed by atoms with Crippen LogP contribution in [0.25, 0.3) is 0 Å². The van der Waals surface area contributed by atoms with Crippen LogP contribution in [0.15, 0.2) is 10.6 Å². The lowest BCUT2D eigenvalue weighted by Gasteiger charge is -2.29. The third-order valence-corrected chi connectivity index (χ3v) is 5.57. The third kappa shape index (κ3) is 4.79. The van der Waals surface area contributed by atoms with Crippen molar-refractivity contribution in [3.8, 4) is 0 Å². The monoisotopic (exact) mass is 315 g/mol. The minimum atomic E-state index is -3.33. The van der Waals surface area contributed by atoms with E-state index in [0.29, 0.717) is 30.5 Å². The SMILES string of the molecule is CCCN(CC1CCNCC1)S(=O)(=O)Cc1cc(C)on1. The van der Waals surface area contributed by atoms with E-state index in [4.69, 9.17) is 4.52 Å². The summed E-state index contributed by atoms with van der Waals surface area (Å²) in [5.41, 5.74) is 0.485. The fourth-order valence-electron chi connectivity index (χ4n) is 2.71. The van der Waals surface area contributed by atoms with E-state index in [1.165, 1.54) is 0 Å². The van der Waals surface area contributed by atoms with Gasteiger partial charge in [-0.3, -0.25) is 0 Å². The molecule has 0 radical (unpaired) electrons. The molecule has 1 fully saturated rings. The third-order valence-electron chi connectivity index (χ3n) is 3.79. The summed E-state index contributed by atoms with van der Waals surface area (Å²) in [6.07, 6.45) is 2.90. The fourth-order valence-corrected chi connectivity index (χ4v) is 4.30. The molecule has 1 aliphatic rings. The molecule has 0 bridgehead atoms. The highest BCUT2D eigenvalue weighted by atomic mass is 32.2. The maximum atomic E-state index is 12.6. The smallest absolute Gasteiger partial charge is 0.219 e. The van der Waals surface area contributed by atoms with Crippen LogP contribution in [-0.4, -0.2) is 44.1 Å². The maximum absolute atomic E-state index is 12.6. The standard InChI is InChI=1S/C14H25N3O3S/c1-3-8-17(10-13-4-6-15-7-5-13)21(18,19)11-14-9-12(2)20-16-14/h9,13,15H,3-8,10-11H2,1-2H3. The Balaban J connectivity index is 2.03. The highest BCUT2D eigenvalue weighted by molar-refractivity contribution is 7.88. The summed E-state index contributed by atoms with van der Waals surface area (Å²) in [5, 5.41) is 7.11. The average molecular weight is 315 g/mol. The number of hydrogen-bond acceptors (Lipinski definition) is 5. The van der Waals surface area contributed by atoms with Crippen molar-refractivity contribution >= 4 is 10.0 Å². The second-order valence-electron chi connectivity index (χ2n) is 5.74. The Labute approximate surface area is 126 Å². The summed E-state index contributed by atoms with van der Waals surface area (Å²) < 4.78 is 31.8. The molecule has 0 aliphatic carbocycles. The summed E-state index contributed by atoms with van der Waals surface area (Å²) in [4.78, 5) is 0. The lowest BCUT2D eigenvalue weighted by Crippen LogP contribution is -2.40. The lowest BCUT2D eigenvalue weighted by atomic mass is 9.98. The van der Waals surface area contributed by atoms with Crippen molar-refractivity contribution in [2.24, 2.45) is 5.92 Å². The number of nitrogens with zero attached hydrogens (tertiary/aromatic N) is 2. The molecule has 1 N–H and O–H groups in total. The van der Waals surface area contributed by atoms with Crippen molar-refractivity contribution in [3.05, 3.63) is 17.5 Å². The Morgan fingerprint density at radius 1 is 1.43 bits per heavy atom. The van der Waals surface area contributed by atoms with Crippen LogP contribution in [-0.2, 0) is 15.8 Å². The molecule has 0 aromatic carbocycles. The number of aromatic nitrogens is 1. The van der Waals surface area contributed by atoms with Crippen molar-refractivity contribution in [3.63, 3.8) is 0 Å². The van der Waals surface area contributed by atoms with Gasteiger partial charge in [-0.25, -0.2) is 12.7 Å². The van der Waals surface area contributed by atoms with Crippen LogP contribution in [0, 0.1) is 12.8 Å². The topological polar surface area (TPSA) is 75.4 Å². The first-order valence-electron chi connectivity index (χ1n) is 7.62. The Kier molecular flexibility index (Phi) is 5.78. The molecule has 2 rings (SSSR count). The summed E-state index contributed by atoms with van der Waals surface area (Å²) in [7, 11) is -3.33. The Hall–Kier alpha value is -0.920. The van der Waals surface area contributed by atoms with Crippen molar-refractivity contribution in [2.45, 2.75) is 38.9 Å².